The van der Waals surface area contributed by atoms with Crippen LogP contribution in [-0.4, -0.2) is 36.4 Å². The predicted octanol–water partition coefficient (Wildman–Crippen LogP) is 10.8. The van der Waals surface area contributed by atoms with E-state index in [2.05, 4.69) is 74.6 Å². The van der Waals surface area contributed by atoms with Gasteiger partial charge in [0.2, 0.25) is 0 Å². The fraction of sp³-hybridized carbons (Fsp3) is 0.692. The van der Waals surface area contributed by atoms with E-state index in [9.17, 15) is 14.7 Å². The van der Waals surface area contributed by atoms with Crippen molar-refractivity contribution in [3.05, 3.63) is 60.8 Å². The number of rotatable bonds is 31. The summed E-state index contributed by atoms with van der Waals surface area (Å²) in [6.07, 6.45) is 44.2. The third-order valence-electron chi connectivity index (χ3n) is 7.30. The molecule has 0 rings (SSSR count). The standard InChI is InChI=1S/C39H66O5/c1-3-5-7-9-11-13-15-17-19-21-23-25-27-29-31-33-38(41)43-36-37(35-40)44-39(42)34-32-30-28-26-24-22-20-18-16-14-12-10-8-6-4-2/h5,7,11,13-14,16-17,19,23,25,37,40H,3-4,6,8-10,12,15,18,20-22,24,26-36H2,1-2H3/t37-/m0/s1. The smallest absolute Gasteiger partial charge is 0.306 e. The molecule has 0 aromatic carbocycles. The maximum atomic E-state index is 12.1. The van der Waals surface area contributed by atoms with E-state index >= 15 is 0 Å². The molecule has 1 atom stereocenters. The van der Waals surface area contributed by atoms with Crippen LogP contribution in [0.3, 0.4) is 0 Å². The number of carbonyl (C=O) groups excluding carboxylic acids is 2. The Bertz CT molecular complexity index is 792. The molecule has 252 valence electrons. The third-order valence-corrected chi connectivity index (χ3v) is 7.30. The molecule has 0 amide bonds. The molecule has 0 aliphatic carbocycles. The van der Waals surface area contributed by atoms with Gasteiger partial charge in [-0.05, 0) is 77.0 Å². The molecule has 0 saturated carbocycles. The minimum Gasteiger partial charge on any atom is -0.462 e. The summed E-state index contributed by atoms with van der Waals surface area (Å²) < 4.78 is 10.5. The lowest BCUT2D eigenvalue weighted by atomic mass is 10.1. The normalized spacial score (nSPS) is 12.9. The van der Waals surface area contributed by atoms with Gasteiger partial charge in [0.25, 0.3) is 0 Å². The molecule has 0 spiro atoms. The molecule has 5 nitrogen and oxygen atoms in total. The number of aliphatic hydroxyl groups excluding tert-OH is 1. The molecule has 0 radical (unpaired) electrons. The van der Waals surface area contributed by atoms with Gasteiger partial charge in [0.1, 0.15) is 6.61 Å². The van der Waals surface area contributed by atoms with E-state index in [0.717, 1.165) is 64.2 Å². The van der Waals surface area contributed by atoms with Gasteiger partial charge in [0.05, 0.1) is 6.61 Å². The Morgan fingerprint density at radius 3 is 1.55 bits per heavy atom. The van der Waals surface area contributed by atoms with Gasteiger partial charge in [-0.15, -0.1) is 0 Å². The molecule has 5 heteroatoms. The van der Waals surface area contributed by atoms with Gasteiger partial charge in [-0.25, -0.2) is 0 Å². The van der Waals surface area contributed by atoms with Crippen LogP contribution in [0.5, 0.6) is 0 Å². The Kier molecular flexibility index (Phi) is 33.2. The maximum Gasteiger partial charge on any atom is 0.306 e. The molecule has 44 heavy (non-hydrogen) atoms. The maximum absolute atomic E-state index is 12.1. The second-order valence-corrected chi connectivity index (χ2v) is 11.6. The highest BCUT2D eigenvalue weighted by molar-refractivity contribution is 5.70. The first-order valence-corrected chi connectivity index (χ1v) is 17.8. The molecule has 0 aromatic heterocycles. The molecule has 0 bridgehead atoms. The van der Waals surface area contributed by atoms with Crippen LogP contribution in [0.1, 0.15) is 155 Å². The number of hydrogen-bond acceptors (Lipinski definition) is 5. The summed E-state index contributed by atoms with van der Waals surface area (Å²) in [5.41, 5.74) is 0. The number of esters is 2. The second-order valence-electron chi connectivity index (χ2n) is 11.6. The van der Waals surface area contributed by atoms with E-state index in [1.54, 1.807) is 0 Å². The molecular weight excluding hydrogens is 548 g/mol. The highest BCUT2D eigenvalue weighted by Gasteiger charge is 2.16. The van der Waals surface area contributed by atoms with Crippen molar-refractivity contribution in [2.75, 3.05) is 13.2 Å². The zero-order valence-electron chi connectivity index (χ0n) is 28.4. The summed E-state index contributed by atoms with van der Waals surface area (Å²) >= 11 is 0. The molecular formula is C39H66O5. The number of allylic oxidation sites excluding steroid dienone is 10. The van der Waals surface area contributed by atoms with E-state index in [-0.39, 0.29) is 25.2 Å². The lowest BCUT2D eigenvalue weighted by Gasteiger charge is -2.15. The molecule has 0 fully saturated rings. The van der Waals surface area contributed by atoms with Crippen LogP contribution in [0.4, 0.5) is 0 Å². The fourth-order valence-electron chi connectivity index (χ4n) is 4.60. The van der Waals surface area contributed by atoms with Gasteiger partial charge < -0.3 is 14.6 Å². The van der Waals surface area contributed by atoms with E-state index in [0.29, 0.717) is 12.8 Å². The summed E-state index contributed by atoms with van der Waals surface area (Å²) in [6, 6.07) is 0. The first-order valence-electron chi connectivity index (χ1n) is 17.8. The summed E-state index contributed by atoms with van der Waals surface area (Å²) in [7, 11) is 0. The number of hydrogen-bond donors (Lipinski definition) is 1. The van der Waals surface area contributed by atoms with Crippen LogP contribution >= 0.6 is 0 Å². The van der Waals surface area contributed by atoms with Gasteiger partial charge in [-0.3, -0.25) is 9.59 Å². The van der Waals surface area contributed by atoms with Crippen LogP contribution in [0, 0.1) is 0 Å². The van der Waals surface area contributed by atoms with Crippen molar-refractivity contribution in [1.82, 2.24) is 0 Å². The zero-order chi connectivity index (χ0) is 32.2. The first kappa shape index (κ1) is 41.6. The Morgan fingerprint density at radius 1 is 0.545 bits per heavy atom. The van der Waals surface area contributed by atoms with Crippen molar-refractivity contribution in [3.8, 4) is 0 Å². The summed E-state index contributed by atoms with van der Waals surface area (Å²) in [5, 5.41) is 9.52. The Balaban J connectivity index is 3.67. The molecule has 0 heterocycles. The fourth-order valence-corrected chi connectivity index (χ4v) is 4.60. The SMILES string of the molecule is CCC=CCC=CCC=CCC=CCCCCC(=O)OC[C@H](CO)OC(=O)CCCCCCCCCC=CCCCCCC. The van der Waals surface area contributed by atoms with Gasteiger partial charge in [0, 0.05) is 12.8 Å². The van der Waals surface area contributed by atoms with Gasteiger partial charge >= 0.3 is 11.9 Å². The van der Waals surface area contributed by atoms with Crippen molar-refractivity contribution in [3.63, 3.8) is 0 Å². The van der Waals surface area contributed by atoms with Crippen LogP contribution in [-0.2, 0) is 19.1 Å². The second kappa shape index (κ2) is 35.1. The minimum atomic E-state index is -0.791. The van der Waals surface area contributed by atoms with E-state index < -0.39 is 6.10 Å². The van der Waals surface area contributed by atoms with Crippen LogP contribution in [0.15, 0.2) is 60.8 Å². The number of unbranched alkanes of at least 4 members (excludes halogenated alkanes) is 13. The molecule has 0 aliphatic heterocycles. The molecule has 0 saturated heterocycles. The lowest BCUT2D eigenvalue weighted by Crippen LogP contribution is -2.28. The summed E-state index contributed by atoms with van der Waals surface area (Å²) in [5.74, 6) is -0.650. The number of ether oxygens (including phenoxy) is 2. The van der Waals surface area contributed by atoms with Gasteiger partial charge in [0.15, 0.2) is 6.10 Å². The average molecular weight is 615 g/mol. The zero-order valence-corrected chi connectivity index (χ0v) is 28.4. The van der Waals surface area contributed by atoms with Crippen LogP contribution in [0.25, 0.3) is 0 Å². The Labute approximate surface area is 271 Å². The molecule has 0 aliphatic rings. The number of carbonyl (C=O) groups is 2. The van der Waals surface area contributed by atoms with Crippen LogP contribution in [0.2, 0.25) is 0 Å². The Hall–Kier alpha value is -2.40. The topological polar surface area (TPSA) is 72.8 Å². The lowest BCUT2D eigenvalue weighted by molar-refractivity contribution is -0.161. The molecule has 0 unspecified atom stereocenters. The third kappa shape index (κ3) is 32.5. The minimum absolute atomic E-state index is 0.0913. The van der Waals surface area contributed by atoms with Crippen LogP contribution < -0.4 is 0 Å². The molecule has 0 aromatic rings. The van der Waals surface area contributed by atoms with Crippen molar-refractivity contribution in [2.24, 2.45) is 0 Å². The average Bonchev–Trinajstić information content (AvgIpc) is 3.02. The van der Waals surface area contributed by atoms with Crippen molar-refractivity contribution in [1.29, 1.82) is 0 Å². The summed E-state index contributed by atoms with van der Waals surface area (Å²) in [4.78, 5) is 24.2. The van der Waals surface area contributed by atoms with Crippen molar-refractivity contribution >= 4 is 11.9 Å². The first-order chi connectivity index (χ1) is 21.6. The van der Waals surface area contributed by atoms with E-state index in [1.165, 1.54) is 64.2 Å². The highest BCUT2D eigenvalue weighted by atomic mass is 16.6. The summed E-state index contributed by atoms with van der Waals surface area (Å²) in [6.45, 7) is 3.95. The van der Waals surface area contributed by atoms with Crippen molar-refractivity contribution in [2.45, 2.75) is 161 Å². The van der Waals surface area contributed by atoms with Crippen molar-refractivity contribution < 1.29 is 24.2 Å². The van der Waals surface area contributed by atoms with Gasteiger partial charge in [-0.2, -0.15) is 0 Å². The largest absolute Gasteiger partial charge is 0.462 e. The highest BCUT2D eigenvalue weighted by Crippen LogP contribution is 2.12. The number of aliphatic hydroxyl groups is 1. The molecule has 1 N–H and O–H groups in total. The van der Waals surface area contributed by atoms with E-state index in [1.807, 2.05) is 0 Å². The monoisotopic (exact) mass is 614 g/mol. The predicted molar refractivity (Wildman–Crippen MR) is 187 cm³/mol. The van der Waals surface area contributed by atoms with Gasteiger partial charge in [-0.1, -0.05) is 126 Å². The van der Waals surface area contributed by atoms with E-state index in [4.69, 9.17) is 9.47 Å². The quantitative estimate of drug-likeness (QED) is 0.0478. The Morgan fingerprint density at radius 2 is 0.977 bits per heavy atom.